The molecule has 0 aliphatic carbocycles. The average molecular weight is 290 g/mol. The molecular weight excluding hydrogens is 277 g/mol. The van der Waals surface area contributed by atoms with Crippen LogP contribution >= 0.6 is 15.9 Å². The number of benzene rings is 1. The third kappa shape index (κ3) is 2.65. The van der Waals surface area contributed by atoms with Crippen LogP contribution in [0.5, 0.6) is 5.75 Å². The number of rotatable bonds is 3. The van der Waals surface area contributed by atoms with E-state index in [1.54, 1.807) is 0 Å². The van der Waals surface area contributed by atoms with Gasteiger partial charge in [-0.25, -0.2) is 4.39 Å². The third-order valence-electron chi connectivity index (χ3n) is 2.50. The normalized spacial score (nSPS) is 20.0. The number of hydrogen-bond donors (Lipinski definition) is 1. The fourth-order valence-electron chi connectivity index (χ4n) is 1.63. The number of nitrogen functional groups attached to an aromatic ring is 1. The molecule has 2 N–H and O–H groups in total. The SMILES string of the molecule is Nc1cc(Br)c(F)cc1OCC1CCCO1. The topological polar surface area (TPSA) is 44.5 Å². The van der Waals surface area contributed by atoms with Crippen molar-refractivity contribution in [3.8, 4) is 5.75 Å². The number of halogens is 2. The molecule has 1 aromatic carbocycles. The van der Waals surface area contributed by atoms with E-state index < -0.39 is 0 Å². The fraction of sp³-hybridized carbons (Fsp3) is 0.455. The lowest BCUT2D eigenvalue weighted by Crippen LogP contribution is -2.16. The van der Waals surface area contributed by atoms with Gasteiger partial charge in [0.05, 0.1) is 16.3 Å². The molecule has 88 valence electrons. The van der Waals surface area contributed by atoms with Gasteiger partial charge in [-0.15, -0.1) is 0 Å². The van der Waals surface area contributed by atoms with Crippen LogP contribution in [0.3, 0.4) is 0 Å². The molecule has 1 aliphatic heterocycles. The lowest BCUT2D eigenvalue weighted by Gasteiger charge is -2.13. The van der Waals surface area contributed by atoms with Gasteiger partial charge in [-0.05, 0) is 34.8 Å². The molecule has 0 aromatic heterocycles. The van der Waals surface area contributed by atoms with Gasteiger partial charge < -0.3 is 15.2 Å². The lowest BCUT2D eigenvalue weighted by molar-refractivity contribution is 0.0681. The minimum absolute atomic E-state index is 0.103. The molecule has 0 radical (unpaired) electrons. The van der Waals surface area contributed by atoms with Crippen LogP contribution in [-0.4, -0.2) is 19.3 Å². The fourth-order valence-corrected chi connectivity index (χ4v) is 1.99. The van der Waals surface area contributed by atoms with E-state index in [-0.39, 0.29) is 11.9 Å². The van der Waals surface area contributed by atoms with Crippen LogP contribution < -0.4 is 10.5 Å². The van der Waals surface area contributed by atoms with E-state index in [0.717, 1.165) is 19.4 Å². The van der Waals surface area contributed by atoms with E-state index in [9.17, 15) is 4.39 Å². The molecule has 0 bridgehead atoms. The number of ether oxygens (including phenoxy) is 2. The van der Waals surface area contributed by atoms with E-state index in [4.69, 9.17) is 15.2 Å². The van der Waals surface area contributed by atoms with Gasteiger partial charge in [-0.1, -0.05) is 0 Å². The molecule has 0 spiro atoms. The molecule has 16 heavy (non-hydrogen) atoms. The van der Waals surface area contributed by atoms with Crippen molar-refractivity contribution in [3.63, 3.8) is 0 Å². The number of hydrogen-bond acceptors (Lipinski definition) is 3. The van der Waals surface area contributed by atoms with Gasteiger partial charge in [0.2, 0.25) is 0 Å². The smallest absolute Gasteiger partial charge is 0.145 e. The van der Waals surface area contributed by atoms with Gasteiger partial charge in [0.15, 0.2) is 0 Å². The average Bonchev–Trinajstić information content (AvgIpc) is 2.74. The molecule has 1 heterocycles. The summed E-state index contributed by atoms with van der Waals surface area (Å²) >= 11 is 3.06. The van der Waals surface area contributed by atoms with Crippen LogP contribution in [0.25, 0.3) is 0 Å². The summed E-state index contributed by atoms with van der Waals surface area (Å²) in [5.41, 5.74) is 6.14. The zero-order valence-corrected chi connectivity index (χ0v) is 10.3. The van der Waals surface area contributed by atoms with Crippen molar-refractivity contribution >= 4 is 21.6 Å². The van der Waals surface area contributed by atoms with Gasteiger partial charge in [0.1, 0.15) is 18.2 Å². The van der Waals surface area contributed by atoms with Crippen molar-refractivity contribution < 1.29 is 13.9 Å². The van der Waals surface area contributed by atoms with Crippen LogP contribution in [0.2, 0.25) is 0 Å². The molecule has 1 saturated heterocycles. The third-order valence-corrected chi connectivity index (χ3v) is 3.11. The Morgan fingerprint density at radius 2 is 2.38 bits per heavy atom. The summed E-state index contributed by atoms with van der Waals surface area (Å²) in [7, 11) is 0. The molecule has 2 rings (SSSR count). The van der Waals surface area contributed by atoms with Crippen LogP contribution in [0, 0.1) is 5.82 Å². The van der Waals surface area contributed by atoms with Crippen molar-refractivity contribution in [1.82, 2.24) is 0 Å². The van der Waals surface area contributed by atoms with Crippen molar-refractivity contribution in [1.29, 1.82) is 0 Å². The summed E-state index contributed by atoms with van der Waals surface area (Å²) in [5, 5.41) is 0. The Bertz CT molecular complexity index is 380. The maximum atomic E-state index is 13.2. The van der Waals surface area contributed by atoms with Crippen LogP contribution in [0.15, 0.2) is 16.6 Å². The summed E-state index contributed by atoms with van der Waals surface area (Å²) in [6.07, 6.45) is 2.14. The Labute approximate surface area is 102 Å². The summed E-state index contributed by atoms with van der Waals surface area (Å²) < 4.78 is 24.4. The molecule has 1 unspecified atom stereocenters. The zero-order chi connectivity index (χ0) is 11.5. The first-order chi connectivity index (χ1) is 7.66. The van der Waals surface area contributed by atoms with Crippen molar-refractivity contribution in [2.75, 3.05) is 18.9 Å². The van der Waals surface area contributed by atoms with Crippen molar-refractivity contribution in [2.45, 2.75) is 18.9 Å². The zero-order valence-electron chi connectivity index (χ0n) is 8.71. The maximum Gasteiger partial charge on any atom is 0.145 e. The molecule has 0 saturated carbocycles. The minimum atomic E-state index is -0.378. The van der Waals surface area contributed by atoms with E-state index in [1.165, 1.54) is 12.1 Å². The number of nitrogens with two attached hydrogens (primary N) is 1. The molecule has 5 heteroatoms. The second-order valence-electron chi connectivity index (χ2n) is 3.75. The highest BCUT2D eigenvalue weighted by Crippen LogP contribution is 2.28. The Hall–Kier alpha value is -0.810. The molecule has 0 amide bonds. The van der Waals surface area contributed by atoms with E-state index >= 15 is 0 Å². The first-order valence-corrected chi connectivity index (χ1v) is 5.95. The van der Waals surface area contributed by atoms with Gasteiger partial charge >= 0.3 is 0 Å². The molecule has 3 nitrogen and oxygen atoms in total. The standard InChI is InChI=1S/C11H13BrFNO2/c12-8-4-10(14)11(5-9(8)13)16-6-7-2-1-3-15-7/h4-5,7H,1-3,6,14H2. The number of anilines is 1. The summed E-state index contributed by atoms with van der Waals surface area (Å²) in [4.78, 5) is 0. The van der Waals surface area contributed by atoms with E-state index in [1.807, 2.05) is 0 Å². The lowest BCUT2D eigenvalue weighted by atomic mass is 10.2. The predicted molar refractivity (Wildman–Crippen MR) is 63.0 cm³/mol. The summed E-state index contributed by atoms with van der Waals surface area (Å²) in [5.74, 6) is -0.00672. The Kier molecular flexibility index (Phi) is 3.66. The van der Waals surface area contributed by atoms with Crippen molar-refractivity contribution in [3.05, 3.63) is 22.4 Å². The molecule has 1 aromatic rings. The highest BCUT2D eigenvalue weighted by molar-refractivity contribution is 9.10. The van der Waals surface area contributed by atoms with E-state index in [2.05, 4.69) is 15.9 Å². The quantitative estimate of drug-likeness (QED) is 0.871. The van der Waals surface area contributed by atoms with Gasteiger partial charge in [0, 0.05) is 12.7 Å². The minimum Gasteiger partial charge on any atom is -0.489 e. The Morgan fingerprint density at radius 1 is 1.56 bits per heavy atom. The Morgan fingerprint density at radius 3 is 3.06 bits per heavy atom. The largest absolute Gasteiger partial charge is 0.489 e. The molecule has 1 fully saturated rings. The highest BCUT2D eigenvalue weighted by Gasteiger charge is 2.17. The maximum absolute atomic E-state index is 13.2. The van der Waals surface area contributed by atoms with E-state index in [0.29, 0.717) is 22.5 Å². The Balaban J connectivity index is 2.00. The highest BCUT2D eigenvalue weighted by atomic mass is 79.9. The summed E-state index contributed by atoms with van der Waals surface area (Å²) in [6, 6.07) is 2.79. The van der Waals surface area contributed by atoms with Crippen molar-refractivity contribution in [2.24, 2.45) is 0 Å². The van der Waals surface area contributed by atoms with Crippen LogP contribution in [0.1, 0.15) is 12.8 Å². The monoisotopic (exact) mass is 289 g/mol. The second-order valence-corrected chi connectivity index (χ2v) is 4.60. The molecule has 1 aliphatic rings. The first kappa shape index (κ1) is 11.7. The van der Waals surface area contributed by atoms with Crippen LogP contribution in [0.4, 0.5) is 10.1 Å². The summed E-state index contributed by atoms with van der Waals surface area (Å²) in [6.45, 7) is 1.20. The molecular formula is C11H13BrFNO2. The van der Waals surface area contributed by atoms with Crippen LogP contribution in [-0.2, 0) is 4.74 Å². The second kappa shape index (κ2) is 5.01. The predicted octanol–water partition coefficient (Wildman–Crippen LogP) is 2.73. The van der Waals surface area contributed by atoms with Gasteiger partial charge in [-0.2, -0.15) is 0 Å². The van der Waals surface area contributed by atoms with Gasteiger partial charge in [0.25, 0.3) is 0 Å². The van der Waals surface area contributed by atoms with Gasteiger partial charge in [-0.3, -0.25) is 0 Å². The molecule has 1 atom stereocenters. The first-order valence-electron chi connectivity index (χ1n) is 5.16.